The summed E-state index contributed by atoms with van der Waals surface area (Å²) in [5.41, 5.74) is -0.517. The SMILES string of the molecule is CC(C)(C)c1nnc(CN2CCC3(O)CCCCC3C2)o1. The maximum Gasteiger partial charge on any atom is 0.230 e. The van der Waals surface area contributed by atoms with Gasteiger partial charge in [0.2, 0.25) is 11.8 Å². The Morgan fingerprint density at radius 3 is 2.81 bits per heavy atom. The minimum atomic E-state index is -0.417. The zero-order valence-corrected chi connectivity index (χ0v) is 13.4. The highest BCUT2D eigenvalue weighted by atomic mass is 16.4. The molecule has 1 aliphatic heterocycles. The van der Waals surface area contributed by atoms with Crippen LogP contribution in [0.15, 0.2) is 4.42 Å². The van der Waals surface area contributed by atoms with Crippen molar-refractivity contribution in [3.63, 3.8) is 0 Å². The first-order valence-corrected chi connectivity index (χ1v) is 8.14. The molecule has 21 heavy (non-hydrogen) atoms. The second-order valence-electron chi connectivity index (χ2n) is 7.78. The molecule has 2 fully saturated rings. The largest absolute Gasteiger partial charge is 0.423 e. The molecule has 2 unspecified atom stereocenters. The maximum absolute atomic E-state index is 10.7. The van der Waals surface area contributed by atoms with E-state index in [1.165, 1.54) is 12.8 Å². The summed E-state index contributed by atoms with van der Waals surface area (Å²) >= 11 is 0. The van der Waals surface area contributed by atoms with Gasteiger partial charge in [-0.2, -0.15) is 0 Å². The van der Waals surface area contributed by atoms with E-state index in [1.807, 2.05) is 0 Å². The molecule has 5 nitrogen and oxygen atoms in total. The van der Waals surface area contributed by atoms with Crippen LogP contribution in [0.1, 0.15) is 64.7 Å². The number of fused-ring (bicyclic) bond motifs is 1. The predicted octanol–water partition coefficient (Wildman–Crippen LogP) is 2.49. The maximum atomic E-state index is 10.7. The molecule has 0 aromatic carbocycles. The summed E-state index contributed by atoms with van der Waals surface area (Å²) in [6.45, 7) is 8.80. The Balaban J connectivity index is 1.63. The van der Waals surface area contributed by atoms with Crippen LogP contribution < -0.4 is 0 Å². The van der Waals surface area contributed by atoms with E-state index >= 15 is 0 Å². The lowest BCUT2D eigenvalue weighted by Crippen LogP contribution is -2.52. The lowest BCUT2D eigenvalue weighted by Gasteiger charge is -2.47. The van der Waals surface area contributed by atoms with Gasteiger partial charge in [-0.1, -0.05) is 33.6 Å². The molecule has 1 aromatic heterocycles. The fraction of sp³-hybridized carbons (Fsp3) is 0.875. The van der Waals surface area contributed by atoms with Crippen LogP contribution in [0.4, 0.5) is 0 Å². The zero-order valence-electron chi connectivity index (χ0n) is 13.4. The van der Waals surface area contributed by atoms with Crippen molar-refractivity contribution in [3.05, 3.63) is 11.8 Å². The summed E-state index contributed by atoms with van der Waals surface area (Å²) in [6.07, 6.45) is 5.41. The summed E-state index contributed by atoms with van der Waals surface area (Å²) in [4.78, 5) is 2.35. The minimum Gasteiger partial charge on any atom is -0.423 e. The van der Waals surface area contributed by atoms with Crippen LogP contribution >= 0.6 is 0 Å². The lowest BCUT2D eigenvalue weighted by atomic mass is 9.71. The predicted molar refractivity (Wildman–Crippen MR) is 79.8 cm³/mol. The Labute approximate surface area is 126 Å². The highest BCUT2D eigenvalue weighted by Crippen LogP contribution is 2.40. The van der Waals surface area contributed by atoms with Crippen LogP contribution in [0.2, 0.25) is 0 Å². The van der Waals surface area contributed by atoms with Crippen molar-refractivity contribution >= 4 is 0 Å². The van der Waals surface area contributed by atoms with E-state index in [0.717, 1.165) is 32.4 Å². The second-order valence-corrected chi connectivity index (χ2v) is 7.78. The molecule has 1 aliphatic carbocycles. The summed E-state index contributed by atoms with van der Waals surface area (Å²) in [7, 11) is 0. The third-order valence-corrected chi connectivity index (χ3v) is 4.98. The van der Waals surface area contributed by atoms with Gasteiger partial charge in [-0.05, 0) is 19.3 Å². The van der Waals surface area contributed by atoms with Crippen molar-refractivity contribution in [3.8, 4) is 0 Å². The summed E-state index contributed by atoms with van der Waals surface area (Å²) in [5, 5.41) is 19.0. The highest BCUT2D eigenvalue weighted by molar-refractivity contribution is 4.98. The molecule has 5 heteroatoms. The van der Waals surface area contributed by atoms with Crippen LogP contribution in [-0.4, -0.2) is 38.9 Å². The van der Waals surface area contributed by atoms with Crippen molar-refractivity contribution in [1.82, 2.24) is 15.1 Å². The van der Waals surface area contributed by atoms with Crippen LogP contribution in [0, 0.1) is 5.92 Å². The van der Waals surface area contributed by atoms with Crippen LogP contribution in [-0.2, 0) is 12.0 Å². The van der Waals surface area contributed by atoms with E-state index in [2.05, 4.69) is 35.9 Å². The minimum absolute atomic E-state index is 0.100. The number of rotatable bonds is 2. The van der Waals surface area contributed by atoms with E-state index in [1.54, 1.807) is 0 Å². The second kappa shape index (κ2) is 5.36. The summed E-state index contributed by atoms with van der Waals surface area (Å²) < 4.78 is 5.79. The van der Waals surface area contributed by atoms with Gasteiger partial charge in [0.1, 0.15) is 0 Å². The van der Waals surface area contributed by atoms with Crippen LogP contribution in [0.25, 0.3) is 0 Å². The standard InChI is InChI=1S/C16H27N3O2/c1-15(2,3)14-18-17-13(21-14)11-19-9-8-16(20)7-5-4-6-12(16)10-19/h12,20H,4-11H2,1-3H3. The Bertz CT molecular complexity index is 494. The van der Waals surface area contributed by atoms with Crippen molar-refractivity contribution < 1.29 is 9.52 Å². The van der Waals surface area contributed by atoms with Gasteiger partial charge in [-0.3, -0.25) is 4.90 Å². The lowest BCUT2D eigenvalue weighted by molar-refractivity contribution is -0.0978. The molecule has 0 radical (unpaired) electrons. The summed E-state index contributed by atoms with van der Waals surface area (Å²) in [6, 6.07) is 0. The number of aliphatic hydroxyl groups is 1. The van der Waals surface area contributed by atoms with Gasteiger partial charge in [0.25, 0.3) is 0 Å². The van der Waals surface area contributed by atoms with Gasteiger partial charge in [-0.15, -0.1) is 10.2 Å². The fourth-order valence-corrected chi connectivity index (χ4v) is 3.60. The quantitative estimate of drug-likeness (QED) is 0.907. The first-order chi connectivity index (χ1) is 9.87. The molecule has 0 amide bonds. The van der Waals surface area contributed by atoms with Gasteiger partial charge < -0.3 is 9.52 Å². The third kappa shape index (κ3) is 3.14. The van der Waals surface area contributed by atoms with E-state index in [9.17, 15) is 5.11 Å². The van der Waals surface area contributed by atoms with Crippen molar-refractivity contribution in [2.45, 2.75) is 70.4 Å². The topological polar surface area (TPSA) is 62.4 Å². The van der Waals surface area contributed by atoms with Crippen LogP contribution in [0.5, 0.6) is 0 Å². The molecular weight excluding hydrogens is 266 g/mol. The van der Waals surface area contributed by atoms with Crippen molar-refractivity contribution in [1.29, 1.82) is 0 Å². The molecule has 2 atom stereocenters. The first kappa shape index (κ1) is 15.0. The van der Waals surface area contributed by atoms with Crippen molar-refractivity contribution in [2.24, 2.45) is 5.92 Å². The molecule has 1 N–H and O–H groups in total. The Morgan fingerprint density at radius 1 is 1.29 bits per heavy atom. The van der Waals surface area contributed by atoms with E-state index in [0.29, 0.717) is 24.2 Å². The average molecular weight is 293 g/mol. The zero-order chi connectivity index (χ0) is 15.1. The molecule has 2 aliphatic rings. The van der Waals surface area contributed by atoms with E-state index in [-0.39, 0.29) is 5.41 Å². The number of hydrogen-bond acceptors (Lipinski definition) is 5. The van der Waals surface area contributed by atoms with Crippen molar-refractivity contribution in [2.75, 3.05) is 13.1 Å². The highest BCUT2D eigenvalue weighted by Gasteiger charge is 2.42. The van der Waals surface area contributed by atoms with Gasteiger partial charge in [0.15, 0.2) is 0 Å². The average Bonchev–Trinajstić information content (AvgIpc) is 2.87. The van der Waals surface area contributed by atoms with E-state index in [4.69, 9.17) is 4.42 Å². The number of aromatic nitrogens is 2. The van der Waals surface area contributed by atoms with Gasteiger partial charge in [-0.25, -0.2) is 0 Å². The number of likely N-dealkylation sites (tertiary alicyclic amines) is 1. The van der Waals surface area contributed by atoms with Gasteiger partial charge in [0, 0.05) is 24.4 Å². The van der Waals surface area contributed by atoms with Crippen LogP contribution in [0.3, 0.4) is 0 Å². The molecule has 1 saturated heterocycles. The Kier molecular flexibility index (Phi) is 3.82. The Morgan fingerprint density at radius 2 is 2.10 bits per heavy atom. The molecule has 118 valence electrons. The molecule has 3 rings (SSSR count). The first-order valence-electron chi connectivity index (χ1n) is 8.14. The normalized spacial score (nSPS) is 31.1. The smallest absolute Gasteiger partial charge is 0.230 e. The molecule has 1 saturated carbocycles. The molecule has 0 bridgehead atoms. The number of nitrogens with zero attached hydrogens (tertiary/aromatic N) is 3. The van der Waals surface area contributed by atoms with Gasteiger partial charge >= 0.3 is 0 Å². The third-order valence-electron chi connectivity index (χ3n) is 4.98. The molecule has 1 aromatic rings. The van der Waals surface area contributed by atoms with Gasteiger partial charge in [0.05, 0.1) is 12.1 Å². The monoisotopic (exact) mass is 293 g/mol. The fourth-order valence-electron chi connectivity index (χ4n) is 3.60. The van der Waals surface area contributed by atoms with E-state index < -0.39 is 5.60 Å². The molecular formula is C16H27N3O2. The molecule has 0 spiro atoms. The Hall–Kier alpha value is -0.940. The number of hydrogen-bond donors (Lipinski definition) is 1. The molecule has 2 heterocycles. The summed E-state index contributed by atoms with van der Waals surface area (Å²) in [5.74, 6) is 1.80. The number of piperidine rings is 1.